The number of phenolic OH excluding ortho intramolecular Hbond substituents is 1. The molecule has 0 aliphatic heterocycles. The minimum absolute atomic E-state index is 0.151. The average molecular weight is 465 g/mol. The summed E-state index contributed by atoms with van der Waals surface area (Å²) < 4.78 is 14.9. The van der Waals surface area contributed by atoms with Crippen molar-refractivity contribution in [2.45, 2.75) is 26.4 Å². The highest BCUT2D eigenvalue weighted by atomic mass is 16.6. The molecule has 2 rings (SSSR count). The SMILES string of the molecule is C=C(C)C(=O)OC.C=CC(C)(C)OC(=O)COc1ccc(C=CC=Cc2ccc(O)cc2)cc1. The molecule has 34 heavy (non-hydrogen) atoms. The van der Waals surface area contributed by atoms with Crippen LogP contribution in [-0.2, 0) is 19.1 Å². The molecule has 0 saturated heterocycles. The molecule has 2 aromatic rings. The quantitative estimate of drug-likeness (QED) is 0.221. The summed E-state index contributed by atoms with van der Waals surface area (Å²) in [5, 5.41) is 9.25. The zero-order chi connectivity index (χ0) is 25.6. The van der Waals surface area contributed by atoms with Crippen molar-refractivity contribution in [3.05, 3.63) is 96.6 Å². The lowest BCUT2D eigenvalue weighted by molar-refractivity contribution is -0.154. The lowest BCUT2D eigenvalue weighted by Gasteiger charge is -2.20. The van der Waals surface area contributed by atoms with Gasteiger partial charge in [0.15, 0.2) is 6.61 Å². The van der Waals surface area contributed by atoms with Crippen molar-refractivity contribution in [1.29, 1.82) is 0 Å². The Hall–Kier alpha value is -4.06. The van der Waals surface area contributed by atoms with Crippen molar-refractivity contribution in [3.8, 4) is 11.5 Å². The second kappa shape index (κ2) is 14.2. The van der Waals surface area contributed by atoms with E-state index in [4.69, 9.17) is 9.47 Å². The second-order valence-corrected chi connectivity index (χ2v) is 7.72. The van der Waals surface area contributed by atoms with Crippen LogP contribution in [0.15, 0.2) is 85.5 Å². The Labute approximate surface area is 201 Å². The first-order chi connectivity index (χ1) is 16.1. The number of rotatable bonds is 9. The fourth-order valence-electron chi connectivity index (χ4n) is 2.27. The van der Waals surface area contributed by atoms with Gasteiger partial charge in [-0.3, -0.25) is 0 Å². The smallest absolute Gasteiger partial charge is 0.345 e. The molecule has 0 aliphatic carbocycles. The zero-order valence-electron chi connectivity index (χ0n) is 20.1. The Morgan fingerprint density at radius 1 is 0.971 bits per heavy atom. The van der Waals surface area contributed by atoms with Crippen LogP contribution in [0.25, 0.3) is 12.2 Å². The summed E-state index contributed by atoms with van der Waals surface area (Å²) >= 11 is 0. The minimum atomic E-state index is -0.706. The number of methoxy groups -OCH3 is 1. The Kier molecular flexibility index (Phi) is 11.7. The van der Waals surface area contributed by atoms with Gasteiger partial charge in [0.05, 0.1) is 7.11 Å². The zero-order valence-corrected chi connectivity index (χ0v) is 20.1. The van der Waals surface area contributed by atoms with Crippen LogP contribution in [0.5, 0.6) is 11.5 Å². The maximum atomic E-state index is 11.7. The van der Waals surface area contributed by atoms with E-state index >= 15 is 0 Å². The molecule has 0 fully saturated rings. The van der Waals surface area contributed by atoms with Gasteiger partial charge in [-0.2, -0.15) is 0 Å². The van der Waals surface area contributed by atoms with Crippen LogP contribution < -0.4 is 4.74 Å². The predicted molar refractivity (Wildman–Crippen MR) is 135 cm³/mol. The number of esters is 2. The summed E-state index contributed by atoms with van der Waals surface area (Å²) in [4.78, 5) is 21.9. The molecule has 0 heterocycles. The maximum Gasteiger partial charge on any atom is 0.345 e. The fourth-order valence-corrected chi connectivity index (χ4v) is 2.27. The molecule has 0 spiro atoms. The van der Waals surface area contributed by atoms with Gasteiger partial charge in [-0.25, -0.2) is 9.59 Å². The Balaban J connectivity index is 0.000000718. The first-order valence-corrected chi connectivity index (χ1v) is 10.5. The van der Waals surface area contributed by atoms with E-state index < -0.39 is 11.6 Å². The molecule has 0 aliphatic rings. The first-order valence-electron chi connectivity index (χ1n) is 10.5. The maximum absolute atomic E-state index is 11.7. The molecule has 1 N–H and O–H groups in total. The van der Waals surface area contributed by atoms with E-state index in [9.17, 15) is 14.7 Å². The normalized spacial score (nSPS) is 10.8. The first kappa shape index (κ1) is 28.0. The lowest BCUT2D eigenvalue weighted by atomic mass is 10.1. The van der Waals surface area contributed by atoms with Gasteiger partial charge < -0.3 is 19.3 Å². The summed E-state index contributed by atoms with van der Waals surface area (Å²) in [6, 6.07) is 14.4. The van der Waals surface area contributed by atoms with Gasteiger partial charge in [0.1, 0.15) is 17.1 Å². The average Bonchev–Trinajstić information content (AvgIpc) is 2.82. The van der Waals surface area contributed by atoms with Crippen molar-refractivity contribution < 1.29 is 28.9 Å². The predicted octanol–water partition coefficient (Wildman–Crippen LogP) is 5.74. The largest absolute Gasteiger partial charge is 0.508 e. The van der Waals surface area contributed by atoms with Crippen molar-refractivity contribution in [1.82, 2.24) is 0 Å². The van der Waals surface area contributed by atoms with E-state index in [1.54, 1.807) is 51.1 Å². The minimum Gasteiger partial charge on any atom is -0.508 e. The van der Waals surface area contributed by atoms with Gasteiger partial charge in [-0.05, 0) is 62.2 Å². The number of benzene rings is 2. The highest BCUT2D eigenvalue weighted by Gasteiger charge is 2.18. The van der Waals surface area contributed by atoms with Crippen LogP contribution in [0.4, 0.5) is 0 Å². The number of carbonyl (C=O) groups excluding carboxylic acids is 2. The fraction of sp³-hybridized carbons (Fsp3) is 0.214. The molecule has 0 radical (unpaired) electrons. The highest BCUT2D eigenvalue weighted by molar-refractivity contribution is 5.86. The van der Waals surface area contributed by atoms with E-state index in [-0.39, 0.29) is 18.3 Å². The number of ether oxygens (including phenoxy) is 3. The van der Waals surface area contributed by atoms with Gasteiger partial charge in [-0.1, -0.05) is 61.7 Å². The summed E-state index contributed by atoms with van der Waals surface area (Å²) in [7, 11) is 1.33. The molecule has 6 heteroatoms. The number of hydrogen-bond donors (Lipinski definition) is 1. The monoisotopic (exact) mass is 464 g/mol. The van der Waals surface area contributed by atoms with Gasteiger partial charge in [-0.15, -0.1) is 0 Å². The number of hydrogen-bond acceptors (Lipinski definition) is 6. The van der Waals surface area contributed by atoms with E-state index in [2.05, 4.69) is 17.9 Å². The Morgan fingerprint density at radius 3 is 1.88 bits per heavy atom. The Morgan fingerprint density at radius 2 is 1.47 bits per heavy atom. The molecule has 0 aromatic heterocycles. The number of allylic oxidation sites excluding steroid dienone is 2. The van der Waals surface area contributed by atoms with Gasteiger partial charge in [0.2, 0.25) is 0 Å². The van der Waals surface area contributed by atoms with E-state index in [0.29, 0.717) is 11.3 Å². The third kappa shape index (κ3) is 11.5. The van der Waals surface area contributed by atoms with Crippen molar-refractivity contribution >= 4 is 24.1 Å². The summed E-state index contributed by atoms with van der Waals surface area (Å²) in [5.74, 6) is 0.0612. The van der Waals surface area contributed by atoms with Crippen LogP contribution >= 0.6 is 0 Å². The lowest BCUT2D eigenvalue weighted by Crippen LogP contribution is -2.28. The van der Waals surface area contributed by atoms with Crippen LogP contribution in [0.1, 0.15) is 31.9 Å². The van der Waals surface area contributed by atoms with Gasteiger partial charge in [0, 0.05) is 5.57 Å². The van der Waals surface area contributed by atoms with Crippen molar-refractivity contribution in [2.75, 3.05) is 13.7 Å². The molecule has 6 nitrogen and oxygen atoms in total. The van der Waals surface area contributed by atoms with E-state index in [1.807, 2.05) is 48.6 Å². The van der Waals surface area contributed by atoms with Gasteiger partial charge >= 0.3 is 11.9 Å². The molecule has 0 amide bonds. The number of phenols is 1. The summed E-state index contributed by atoms with van der Waals surface area (Å²) in [6.07, 6.45) is 9.33. The topological polar surface area (TPSA) is 82.1 Å². The van der Waals surface area contributed by atoms with Crippen LogP contribution in [-0.4, -0.2) is 36.4 Å². The molecule has 0 unspecified atom stereocenters. The molecule has 180 valence electrons. The van der Waals surface area contributed by atoms with Crippen LogP contribution in [0, 0.1) is 0 Å². The third-order valence-corrected chi connectivity index (χ3v) is 4.22. The Bertz CT molecular complexity index is 1010. The summed E-state index contributed by atoms with van der Waals surface area (Å²) in [5.41, 5.74) is 1.74. The highest BCUT2D eigenvalue weighted by Crippen LogP contribution is 2.15. The van der Waals surface area contributed by atoms with E-state index in [0.717, 1.165) is 11.1 Å². The second-order valence-electron chi connectivity index (χ2n) is 7.72. The molecule has 0 atom stereocenters. The van der Waals surface area contributed by atoms with Crippen LogP contribution in [0.2, 0.25) is 0 Å². The van der Waals surface area contributed by atoms with Crippen molar-refractivity contribution in [3.63, 3.8) is 0 Å². The van der Waals surface area contributed by atoms with Crippen molar-refractivity contribution in [2.24, 2.45) is 0 Å². The third-order valence-electron chi connectivity index (χ3n) is 4.22. The molecule has 0 saturated carbocycles. The molecular weight excluding hydrogens is 432 g/mol. The number of carbonyl (C=O) groups is 2. The molecular formula is C28H32O6. The summed E-state index contributed by atoms with van der Waals surface area (Å²) in [6.45, 7) is 11.9. The molecule has 2 aromatic carbocycles. The van der Waals surface area contributed by atoms with Crippen LogP contribution in [0.3, 0.4) is 0 Å². The number of aromatic hydroxyl groups is 1. The van der Waals surface area contributed by atoms with Gasteiger partial charge in [0.25, 0.3) is 0 Å². The standard InChI is InChI=1S/C23H24O4.C5H8O2/c1-4-23(2,3)27-22(25)17-26-21-15-11-19(12-16-21)8-6-5-7-18-9-13-20(24)14-10-18;1-4(2)5(6)7-3/h4-16,24H,1,17H2,2-3H3;1H2,2-3H3. The van der Waals surface area contributed by atoms with E-state index in [1.165, 1.54) is 7.11 Å². The molecule has 0 bridgehead atoms.